The Labute approximate surface area is 112 Å². The second-order valence-electron chi connectivity index (χ2n) is 4.39. The Morgan fingerprint density at radius 1 is 1.37 bits per heavy atom. The minimum atomic E-state index is -0.0707. The van der Waals surface area contributed by atoms with Crippen LogP contribution < -0.4 is 10.1 Å². The highest BCUT2D eigenvalue weighted by atomic mass is 16.5. The quantitative estimate of drug-likeness (QED) is 0.839. The summed E-state index contributed by atoms with van der Waals surface area (Å²) in [6.07, 6.45) is 3.66. The van der Waals surface area contributed by atoms with E-state index in [1.165, 1.54) is 0 Å². The molecule has 0 saturated heterocycles. The van der Waals surface area contributed by atoms with E-state index in [-0.39, 0.29) is 5.91 Å². The van der Waals surface area contributed by atoms with E-state index >= 15 is 0 Å². The van der Waals surface area contributed by atoms with Crippen LogP contribution in [0.15, 0.2) is 30.5 Å². The van der Waals surface area contributed by atoms with Crippen molar-refractivity contribution in [3.05, 3.63) is 36.0 Å². The Morgan fingerprint density at radius 2 is 2.21 bits per heavy atom. The number of aromatic nitrogens is 1. The molecule has 0 unspecified atom stereocenters. The van der Waals surface area contributed by atoms with E-state index in [1.54, 1.807) is 13.3 Å². The molecule has 1 aromatic carbocycles. The maximum atomic E-state index is 11.9. The van der Waals surface area contributed by atoms with Crippen LogP contribution in [0.3, 0.4) is 0 Å². The van der Waals surface area contributed by atoms with E-state index in [1.807, 2.05) is 24.3 Å². The van der Waals surface area contributed by atoms with E-state index in [0.717, 1.165) is 29.5 Å². The molecule has 4 heteroatoms. The summed E-state index contributed by atoms with van der Waals surface area (Å²) in [5, 5.41) is 3.82. The third-order valence-electron chi connectivity index (χ3n) is 2.97. The summed E-state index contributed by atoms with van der Waals surface area (Å²) in [5.41, 5.74) is 1.42. The number of nitrogens with zero attached hydrogens (tertiary/aromatic N) is 1. The van der Waals surface area contributed by atoms with Crippen LogP contribution in [0.2, 0.25) is 0 Å². The van der Waals surface area contributed by atoms with E-state index in [0.29, 0.717) is 12.1 Å². The molecule has 0 fully saturated rings. The minimum absolute atomic E-state index is 0.0707. The summed E-state index contributed by atoms with van der Waals surface area (Å²) >= 11 is 0. The fourth-order valence-electron chi connectivity index (χ4n) is 1.83. The summed E-state index contributed by atoms with van der Waals surface area (Å²) in [6.45, 7) is 2.80. The summed E-state index contributed by atoms with van der Waals surface area (Å²) in [6, 6.07) is 7.48. The van der Waals surface area contributed by atoms with Crippen LogP contribution in [-0.4, -0.2) is 24.5 Å². The molecular formula is C15H18N2O2. The van der Waals surface area contributed by atoms with Crippen molar-refractivity contribution in [3.63, 3.8) is 0 Å². The van der Waals surface area contributed by atoms with Gasteiger partial charge in [-0.3, -0.25) is 9.78 Å². The number of ether oxygens (including phenoxy) is 1. The standard InChI is InChI=1S/C15H18N2O2/c1-3-4-7-16-15(18)12-8-11-5-6-13(19-2)9-14(11)17-10-12/h5-6,8-10H,3-4,7H2,1-2H3,(H,16,18). The fraction of sp³-hybridized carbons (Fsp3) is 0.333. The second kappa shape index (κ2) is 6.18. The number of benzene rings is 1. The van der Waals surface area contributed by atoms with E-state index in [9.17, 15) is 4.79 Å². The van der Waals surface area contributed by atoms with Crippen LogP contribution >= 0.6 is 0 Å². The number of rotatable bonds is 5. The lowest BCUT2D eigenvalue weighted by molar-refractivity contribution is 0.0953. The van der Waals surface area contributed by atoms with Gasteiger partial charge in [0.15, 0.2) is 0 Å². The van der Waals surface area contributed by atoms with Crippen LogP contribution in [0.5, 0.6) is 5.75 Å². The van der Waals surface area contributed by atoms with Gasteiger partial charge in [0.2, 0.25) is 0 Å². The van der Waals surface area contributed by atoms with Gasteiger partial charge in [0.25, 0.3) is 5.91 Å². The molecule has 19 heavy (non-hydrogen) atoms. The molecule has 0 saturated carbocycles. The van der Waals surface area contributed by atoms with Crippen LogP contribution in [0.1, 0.15) is 30.1 Å². The zero-order chi connectivity index (χ0) is 13.7. The van der Waals surface area contributed by atoms with Gasteiger partial charge in [-0.1, -0.05) is 13.3 Å². The number of methoxy groups -OCH3 is 1. The first-order chi connectivity index (χ1) is 9.24. The SMILES string of the molecule is CCCCNC(=O)c1cnc2cc(OC)ccc2c1. The second-order valence-corrected chi connectivity index (χ2v) is 4.39. The summed E-state index contributed by atoms with van der Waals surface area (Å²) < 4.78 is 5.15. The molecule has 0 spiro atoms. The molecule has 0 aliphatic heterocycles. The molecule has 100 valence electrons. The number of carbonyl (C=O) groups is 1. The molecule has 0 radical (unpaired) electrons. The minimum Gasteiger partial charge on any atom is -0.497 e. The van der Waals surface area contributed by atoms with Gasteiger partial charge in [-0.05, 0) is 24.6 Å². The lowest BCUT2D eigenvalue weighted by Crippen LogP contribution is -2.24. The molecule has 0 aliphatic carbocycles. The van der Waals surface area contributed by atoms with E-state index in [2.05, 4.69) is 17.2 Å². The Bertz CT molecular complexity index is 581. The lowest BCUT2D eigenvalue weighted by Gasteiger charge is -2.06. The average molecular weight is 258 g/mol. The molecule has 2 rings (SSSR count). The highest BCUT2D eigenvalue weighted by Crippen LogP contribution is 2.19. The number of unbranched alkanes of at least 4 members (excludes halogenated alkanes) is 1. The highest BCUT2D eigenvalue weighted by Gasteiger charge is 2.07. The van der Waals surface area contributed by atoms with Gasteiger partial charge in [0, 0.05) is 24.2 Å². The number of pyridine rings is 1. The van der Waals surface area contributed by atoms with Crippen LogP contribution in [0, 0.1) is 0 Å². The third-order valence-corrected chi connectivity index (χ3v) is 2.97. The summed E-state index contributed by atoms with van der Waals surface area (Å²) in [5.74, 6) is 0.693. The van der Waals surface area contributed by atoms with Crippen LogP contribution in [-0.2, 0) is 0 Å². The van der Waals surface area contributed by atoms with Crippen molar-refractivity contribution in [1.29, 1.82) is 0 Å². The smallest absolute Gasteiger partial charge is 0.252 e. The molecule has 1 heterocycles. The third kappa shape index (κ3) is 3.22. The first-order valence-electron chi connectivity index (χ1n) is 6.46. The molecule has 0 bridgehead atoms. The van der Waals surface area contributed by atoms with E-state index < -0.39 is 0 Å². The summed E-state index contributed by atoms with van der Waals surface area (Å²) in [4.78, 5) is 16.2. The fourth-order valence-corrected chi connectivity index (χ4v) is 1.83. The molecule has 4 nitrogen and oxygen atoms in total. The van der Waals surface area contributed by atoms with Gasteiger partial charge in [0.1, 0.15) is 5.75 Å². The topological polar surface area (TPSA) is 51.2 Å². The Morgan fingerprint density at radius 3 is 2.95 bits per heavy atom. The zero-order valence-electron chi connectivity index (χ0n) is 11.3. The number of hydrogen-bond donors (Lipinski definition) is 1. The molecule has 0 atom stereocenters. The van der Waals surface area contributed by atoms with Crippen LogP contribution in [0.4, 0.5) is 0 Å². The average Bonchev–Trinajstić information content (AvgIpc) is 2.46. The maximum absolute atomic E-state index is 11.9. The first kappa shape index (κ1) is 13.3. The molecule has 0 aliphatic rings. The van der Waals surface area contributed by atoms with Crippen LogP contribution in [0.25, 0.3) is 10.9 Å². The Hall–Kier alpha value is -2.10. The Balaban J connectivity index is 2.19. The molecule has 2 aromatic rings. The van der Waals surface area contributed by atoms with Gasteiger partial charge in [-0.25, -0.2) is 0 Å². The summed E-state index contributed by atoms with van der Waals surface area (Å²) in [7, 11) is 1.62. The van der Waals surface area contributed by atoms with Crippen molar-refractivity contribution < 1.29 is 9.53 Å². The number of carbonyl (C=O) groups excluding carboxylic acids is 1. The predicted molar refractivity (Wildman–Crippen MR) is 75.5 cm³/mol. The molecular weight excluding hydrogens is 240 g/mol. The highest BCUT2D eigenvalue weighted by molar-refractivity contribution is 5.97. The number of hydrogen-bond acceptors (Lipinski definition) is 3. The monoisotopic (exact) mass is 258 g/mol. The number of nitrogens with one attached hydrogen (secondary N) is 1. The van der Waals surface area contributed by atoms with Gasteiger partial charge < -0.3 is 10.1 Å². The van der Waals surface area contributed by atoms with E-state index in [4.69, 9.17) is 4.74 Å². The van der Waals surface area contributed by atoms with Gasteiger partial charge in [-0.15, -0.1) is 0 Å². The van der Waals surface area contributed by atoms with Crippen molar-refractivity contribution >= 4 is 16.8 Å². The van der Waals surface area contributed by atoms with Gasteiger partial charge in [0.05, 0.1) is 18.2 Å². The molecule has 1 N–H and O–H groups in total. The zero-order valence-corrected chi connectivity index (χ0v) is 11.3. The van der Waals surface area contributed by atoms with Gasteiger partial charge >= 0.3 is 0 Å². The molecule has 1 aromatic heterocycles. The number of amides is 1. The largest absolute Gasteiger partial charge is 0.497 e. The van der Waals surface area contributed by atoms with Crippen molar-refractivity contribution in [2.45, 2.75) is 19.8 Å². The van der Waals surface area contributed by atoms with Crippen molar-refractivity contribution in [2.24, 2.45) is 0 Å². The van der Waals surface area contributed by atoms with Crippen molar-refractivity contribution in [1.82, 2.24) is 10.3 Å². The van der Waals surface area contributed by atoms with Gasteiger partial charge in [-0.2, -0.15) is 0 Å². The first-order valence-corrected chi connectivity index (χ1v) is 6.46. The lowest BCUT2D eigenvalue weighted by atomic mass is 10.1. The maximum Gasteiger partial charge on any atom is 0.252 e. The molecule has 1 amide bonds. The predicted octanol–water partition coefficient (Wildman–Crippen LogP) is 2.77. The van der Waals surface area contributed by atoms with Crippen molar-refractivity contribution in [3.8, 4) is 5.75 Å². The Kier molecular flexibility index (Phi) is 4.34. The number of fused-ring (bicyclic) bond motifs is 1. The van der Waals surface area contributed by atoms with Crippen molar-refractivity contribution in [2.75, 3.05) is 13.7 Å². The normalized spacial score (nSPS) is 10.4.